The molecule has 0 aliphatic heterocycles. The van der Waals surface area contributed by atoms with E-state index in [4.69, 9.17) is 0 Å². The molecule has 1 N–H and O–H groups in total. The minimum absolute atomic E-state index is 0.0400. The normalized spacial score (nSPS) is 50.7. The predicted octanol–water partition coefficient (Wildman–Crippen LogP) is 1.33. The largest absolute Gasteiger partial charge is 0.389 e. The Labute approximate surface area is 89.9 Å². The average Bonchev–Trinajstić information content (AvgIpc) is 2.16. The molecule has 0 saturated heterocycles. The highest BCUT2D eigenvalue weighted by molar-refractivity contribution is 6.11. The van der Waals surface area contributed by atoms with Crippen LogP contribution in [0.5, 0.6) is 0 Å². The molecule has 0 spiro atoms. The van der Waals surface area contributed by atoms with Crippen molar-refractivity contribution < 1.29 is 14.7 Å². The molecule has 0 aromatic carbocycles. The first kappa shape index (κ1) is 10.8. The topological polar surface area (TPSA) is 54.4 Å². The maximum Gasteiger partial charge on any atom is 0.152 e. The summed E-state index contributed by atoms with van der Waals surface area (Å²) < 4.78 is 0. The van der Waals surface area contributed by atoms with Crippen LogP contribution in [0.25, 0.3) is 0 Å². The third kappa shape index (κ3) is 1.29. The van der Waals surface area contributed by atoms with E-state index in [1.165, 1.54) is 0 Å². The molecule has 0 radical (unpaired) electrons. The molecule has 0 heterocycles. The van der Waals surface area contributed by atoms with Crippen molar-refractivity contribution in [3.05, 3.63) is 0 Å². The third-order valence-corrected chi connectivity index (χ3v) is 4.32. The molecule has 2 saturated carbocycles. The molecule has 84 valence electrons. The quantitative estimate of drug-likeness (QED) is 0.614. The Morgan fingerprint density at radius 3 is 2.40 bits per heavy atom. The lowest BCUT2D eigenvalue weighted by Crippen LogP contribution is -2.59. The Morgan fingerprint density at radius 1 is 1.20 bits per heavy atom. The minimum Gasteiger partial charge on any atom is -0.389 e. The zero-order valence-electron chi connectivity index (χ0n) is 9.54. The van der Waals surface area contributed by atoms with Gasteiger partial charge in [0.15, 0.2) is 5.78 Å². The van der Waals surface area contributed by atoms with Crippen molar-refractivity contribution in [2.24, 2.45) is 17.3 Å². The van der Waals surface area contributed by atoms with Crippen LogP contribution < -0.4 is 0 Å². The molecule has 2 aliphatic carbocycles. The molecule has 0 amide bonds. The van der Waals surface area contributed by atoms with E-state index in [0.717, 1.165) is 0 Å². The van der Waals surface area contributed by atoms with Crippen LogP contribution in [-0.4, -0.2) is 22.3 Å². The number of fused-ring (bicyclic) bond motifs is 2. The summed E-state index contributed by atoms with van der Waals surface area (Å²) in [7, 11) is 0. The van der Waals surface area contributed by atoms with Crippen LogP contribution >= 0.6 is 0 Å². The van der Waals surface area contributed by atoms with Crippen LogP contribution in [0, 0.1) is 17.3 Å². The van der Waals surface area contributed by atoms with Gasteiger partial charge in [0.1, 0.15) is 5.78 Å². The Bertz CT molecular complexity index is 332. The Hall–Kier alpha value is -0.700. The highest BCUT2D eigenvalue weighted by atomic mass is 16.3. The lowest BCUT2D eigenvalue weighted by Gasteiger charge is -2.49. The first-order valence-electron chi connectivity index (χ1n) is 5.60. The van der Waals surface area contributed by atoms with Crippen molar-refractivity contribution in [1.82, 2.24) is 0 Å². The van der Waals surface area contributed by atoms with Gasteiger partial charge >= 0.3 is 0 Å². The van der Waals surface area contributed by atoms with E-state index in [0.29, 0.717) is 19.3 Å². The van der Waals surface area contributed by atoms with Crippen LogP contribution in [0.1, 0.15) is 40.0 Å². The summed E-state index contributed by atoms with van der Waals surface area (Å²) in [5, 5.41) is 10.1. The lowest BCUT2D eigenvalue weighted by molar-refractivity contribution is -0.167. The molecule has 2 rings (SSSR count). The molecule has 2 fully saturated rings. The van der Waals surface area contributed by atoms with Crippen LogP contribution in [0.3, 0.4) is 0 Å². The Balaban J connectivity index is 2.43. The molecule has 15 heavy (non-hydrogen) atoms. The molecule has 0 aromatic rings. The fourth-order valence-electron chi connectivity index (χ4n) is 3.08. The average molecular weight is 210 g/mol. The highest BCUT2D eigenvalue weighted by Gasteiger charge is 2.58. The molecule has 0 aromatic heterocycles. The van der Waals surface area contributed by atoms with Crippen molar-refractivity contribution in [1.29, 1.82) is 0 Å². The first-order valence-corrected chi connectivity index (χ1v) is 5.60. The van der Waals surface area contributed by atoms with E-state index in [1.807, 2.05) is 6.92 Å². The zero-order chi connectivity index (χ0) is 11.4. The van der Waals surface area contributed by atoms with Crippen molar-refractivity contribution in [3.8, 4) is 0 Å². The van der Waals surface area contributed by atoms with Crippen LogP contribution in [0.15, 0.2) is 0 Å². The van der Waals surface area contributed by atoms with Gasteiger partial charge in [0.2, 0.25) is 0 Å². The van der Waals surface area contributed by atoms with Crippen molar-refractivity contribution in [2.75, 3.05) is 0 Å². The molecule has 2 bridgehead atoms. The number of hydrogen-bond donors (Lipinski definition) is 1. The Morgan fingerprint density at radius 2 is 1.80 bits per heavy atom. The number of Topliss-reactive ketones (excluding diaryl/α,β-unsaturated/α-hetero) is 2. The molecule has 3 heteroatoms. The van der Waals surface area contributed by atoms with Gasteiger partial charge < -0.3 is 5.11 Å². The van der Waals surface area contributed by atoms with E-state index in [2.05, 4.69) is 0 Å². The summed E-state index contributed by atoms with van der Waals surface area (Å²) in [6.07, 6.45) is 1.57. The second kappa shape index (κ2) is 2.91. The molecule has 1 unspecified atom stereocenters. The molecular formula is C12H18O3. The van der Waals surface area contributed by atoms with Gasteiger partial charge in [0, 0.05) is 11.8 Å². The fraction of sp³-hybridized carbons (Fsp3) is 0.833. The van der Waals surface area contributed by atoms with Gasteiger partial charge in [-0.05, 0) is 33.1 Å². The molecule has 3 nitrogen and oxygen atoms in total. The van der Waals surface area contributed by atoms with Gasteiger partial charge in [0.05, 0.1) is 11.0 Å². The van der Waals surface area contributed by atoms with Crippen LogP contribution in [0.2, 0.25) is 0 Å². The highest BCUT2D eigenvalue weighted by Crippen LogP contribution is 2.49. The standard InChI is InChI=1S/C12H18O3/c1-7-6-8-10(14)11(2,9(7)13)4-5-12(8,3)15/h7-8,15H,4-6H2,1-3H3/t7?,8-,11+,12-/m1/s1. The summed E-state index contributed by atoms with van der Waals surface area (Å²) in [4.78, 5) is 24.1. The van der Waals surface area contributed by atoms with Gasteiger partial charge in [-0.1, -0.05) is 6.92 Å². The Kier molecular flexibility index (Phi) is 2.10. The minimum atomic E-state index is -0.911. The molecule has 4 atom stereocenters. The van der Waals surface area contributed by atoms with E-state index in [-0.39, 0.29) is 23.4 Å². The van der Waals surface area contributed by atoms with Gasteiger partial charge in [-0.15, -0.1) is 0 Å². The summed E-state index contributed by atoms with van der Waals surface area (Å²) in [5.41, 5.74) is -1.73. The van der Waals surface area contributed by atoms with Gasteiger partial charge in [-0.3, -0.25) is 9.59 Å². The second-order valence-electron chi connectivity index (χ2n) is 5.61. The van der Waals surface area contributed by atoms with E-state index >= 15 is 0 Å². The van der Waals surface area contributed by atoms with Gasteiger partial charge in [0.25, 0.3) is 0 Å². The van der Waals surface area contributed by atoms with E-state index < -0.39 is 11.0 Å². The first-order chi connectivity index (χ1) is 6.79. The SMILES string of the molecule is CC1C[C@@H]2C(=O)[C@@](C)(CC[C@@]2(C)O)C1=O. The number of hydrogen-bond acceptors (Lipinski definition) is 3. The van der Waals surface area contributed by atoms with Gasteiger partial charge in [-0.2, -0.15) is 0 Å². The van der Waals surface area contributed by atoms with Crippen molar-refractivity contribution in [2.45, 2.75) is 45.6 Å². The molecule has 2 aliphatic rings. The van der Waals surface area contributed by atoms with Gasteiger partial charge in [-0.25, -0.2) is 0 Å². The fourth-order valence-corrected chi connectivity index (χ4v) is 3.08. The predicted molar refractivity (Wildman–Crippen MR) is 55.2 cm³/mol. The molecular weight excluding hydrogens is 192 g/mol. The second-order valence-corrected chi connectivity index (χ2v) is 5.61. The maximum absolute atomic E-state index is 12.1. The summed E-state index contributed by atoms with van der Waals surface area (Å²) in [6, 6.07) is 0. The summed E-state index contributed by atoms with van der Waals surface area (Å²) in [6.45, 7) is 5.33. The number of carbonyl (C=O) groups is 2. The zero-order valence-corrected chi connectivity index (χ0v) is 9.54. The van der Waals surface area contributed by atoms with E-state index in [1.54, 1.807) is 13.8 Å². The number of aliphatic hydroxyl groups is 1. The smallest absolute Gasteiger partial charge is 0.152 e. The van der Waals surface area contributed by atoms with Crippen LogP contribution in [0.4, 0.5) is 0 Å². The number of ketones is 2. The lowest BCUT2D eigenvalue weighted by atomic mass is 9.54. The maximum atomic E-state index is 12.1. The van der Waals surface area contributed by atoms with Crippen molar-refractivity contribution in [3.63, 3.8) is 0 Å². The van der Waals surface area contributed by atoms with Crippen LogP contribution in [-0.2, 0) is 9.59 Å². The summed E-state index contributed by atoms with van der Waals surface area (Å²) in [5.74, 6) is -0.408. The summed E-state index contributed by atoms with van der Waals surface area (Å²) >= 11 is 0. The number of rotatable bonds is 0. The third-order valence-electron chi connectivity index (χ3n) is 4.32. The van der Waals surface area contributed by atoms with E-state index in [9.17, 15) is 14.7 Å². The number of carbonyl (C=O) groups excluding carboxylic acids is 2. The van der Waals surface area contributed by atoms with Crippen molar-refractivity contribution >= 4 is 11.6 Å². The monoisotopic (exact) mass is 210 g/mol.